The summed E-state index contributed by atoms with van der Waals surface area (Å²) in [5.74, 6) is -0.283. The van der Waals surface area contributed by atoms with Crippen LogP contribution in [0.4, 0.5) is 0 Å². The standard InChI is InChI=1S/C24H36O3/c1-10-22(25)21(9)24(27)20(8)14-17(5)12-16(4)13-19(7)23(26)18(6)11-15(2)3/h11-16,21H,10H2,1-9H3. The Balaban J connectivity index is 5.26. The van der Waals surface area contributed by atoms with Crippen molar-refractivity contribution in [2.24, 2.45) is 17.8 Å². The van der Waals surface area contributed by atoms with Crippen molar-refractivity contribution in [1.29, 1.82) is 0 Å². The van der Waals surface area contributed by atoms with Crippen molar-refractivity contribution in [2.75, 3.05) is 0 Å². The number of hydrogen-bond donors (Lipinski definition) is 0. The second kappa shape index (κ2) is 11.6. The number of Topliss-reactive ketones (excluding diaryl/α,β-unsaturated/α-hetero) is 3. The van der Waals surface area contributed by atoms with Gasteiger partial charge in [0.2, 0.25) is 0 Å². The first-order chi connectivity index (χ1) is 12.4. The number of ketones is 3. The number of carbonyl (C=O) groups excluding carboxylic acids is 3. The molecule has 0 saturated heterocycles. The zero-order valence-corrected chi connectivity index (χ0v) is 18.5. The lowest BCUT2D eigenvalue weighted by molar-refractivity contribution is -0.129. The SMILES string of the molecule is CCC(=O)C(C)C(=O)C(C)=CC(C)=CC(C)C=C(C)C(=O)C(C)=CC(C)C. The van der Waals surface area contributed by atoms with Gasteiger partial charge in [-0.05, 0) is 63.2 Å². The molecule has 2 unspecified atom stereocenters. The zero-order chi connectivity index (χ0) is 21.3. The van der Waals surface area contributed by atoms with Crippen LogP contribution >= 0.6 is 0 Å². The molecule has 0 N–H and O–H groups in total. The Morgan fingerprint density at radius 2 is 1.30 bits per heavy atom. The van der Waals surface area contributed by atoms with Crippen LogP contribution in [-0.4, -0.2) is 17.3 Å². The van der Waals surface area contributed by atoms with E-state index in [2.05, 4.69) is 13.8 Å². The van der Waals surface area contributed by atoms with Crippen molar-refractivity contribution < 1.29 is 14.4 Å². The van der Waals surface area contributed by atoms with Gasteiger partial charge in [0, 0.05) is 6.42 Å². The van der Waals surface area contributed by atoms with Crippen LogP contribution in [-0.2, 0) is 14.4 Å². The molecule has 3 heteroatoms. The Morgan fingerprint density at radius 3 is 1.78 bits per heavy atom. The Bertz CT molecular complexity index is 684. The van der Waals surface area contributed by atoms with Crippen LogP contribution < -0.4 is 0 Å². The summed E-state index contributed by atoms with van der Waals surface area (Å²) in [5.41, 5.74) is 3.01. The van der Waals surface area contributed by atoms with Gasteiger partial charge in [-0.2, -0.15) is 0 Å². The summed E-state index contributed by atoms with van der Waals surface area (Å²) in [6.45, 7) is 16.9. The van der Waals surface area contributed by atoms with Crippen molar-refractivity contribution in [3.63, 3.8) is 0 Å². The van der Waals surface area contributed by atoms with E-state index in [-0.39, 0.29) is 23.3 Å². The molecule has 0 bridgehead atoms. The first-order valence-electron chi connectivity index (χ1n) is 9.75. The van der Waals surface area contributed by atoms with E-state index in [9.17, 15) is 14.4 Å². The molecule has 3 nitrogen and oxygen atoms in total. The minimum absolute atomic E-state index is 0.0374. The molecule has 0 spiro atoms. The van der Waals surface area contributed by atoms with Gasteiger partial charge in [0.25, 0.3) is 0 Å². The van der Waals surface area contributed by atoms with Crippen LogP contribution in [0.5, 0.6) is 0 Å². The largest absolute Gasteiger partial charge is 0.299 e. The van der Waals surface area contributed by atoms with Crippen LogP contribution in [0.25, 0.3) is 0 Å². The molecule has 0 aromatic heterocycles. The van der Waals surface area contributed by atoms with Gasteiger partial charge in [-0.3, -0.25) is 14.4 Å². The number of allylic oxidation sites excluding steroid dienone is 8. The van der Waals surface area contributed by atoms with Crippen molar-refractivity contribution in [1.82, 2.24) is 0 Å². The Hall–Kier alpha value is -2.03. The second-order valence-corrected chi connectivity index (χ2v) is 7.78. The molecule has 0 aliphatic carbocycles. The van der Waals surface area contributed by atoms with Crippen molar-refractivity contribution >= 4 is 17.3 Å². The van der Waals surface area contributed by atoms with Gasteiger partial charge in [0.05, 0.1) is 5.92 Å². The highest BCUT2D eigenvalue weighted by molar-refractivity contribution is 6.09. The van der Waals surface area contributed by atoms with Gasteiger partial charge in [-0.1, -0.05) is 57.6 Å². The Kier molecular flexibility index (Phi) is 10.8. The highest BCUT2D eigenvalue weighted by Gasteiger charge is 2.20. The highest BCUT2D eigenvalue weighted by Crippen LogP contribution is 2.16. The lowest BCUT2D eigenvalue weighted by atomic mass is 9.93. The fraction of sp³-hybridized carbons (Fsp3) is 0.542. The van der Waals surface area contributed by atoms with Crippen molar-refractivity contribution in [2.45, 2.75) is 68.7 Å². The molecule has 150 valence electrons. The lowest BCUT2D eigenvalue weighted by Crippen LogP contribution is -2.21. The summed E-state index contributed by atoms with van der Waals surface area (Å²) in [4.78, 5) is 36.4. The molecule has 0 aromatic rings. The third-order valence-corrected chi connectivity index (χ3v) is 4.40. The molecule has 0 rings (SSSR count). The fourth-order valence-corrected chi connectivity index (χ4v) is 3.07. The third kappa shape index (κ3) is 8.94. The summed E-state index contributed by atoms with van der Waals surface area (Å²) < 4.78 is 0. The van der Waals surface area contributed by atoms with Crippen LogP contribution in [0.3, 0.4) is 0 Å². The predicted molar refractivity (Wildman–Crippen MR) is 114 cm³/mol. The summed E-state index contributed by atoms with van der Waals surface area (Å²) in [7, 11) is 0. The maximum atomic E-state index is 12.4. The molecule has 0 aliphatic rings. The molecular formula is C24H36O3. The average molecular weight is 373 g/mol. The third-order valence-electron chi connectivity index (χ3n) is 4.40. The maximum absolute atomic E-state index is 12.4. The van der Waals surface area contributed by atoms with E-state index in [1.54, 1.807) is 20.8 Å². The van der Waals surface area contributed by atoms with Gasteiger partial charge in [-0.25, -0.2) is 0 Å². The fourth-order valence-electron chi connectivity index (χ4n) is 3.07. The molecule has 0 radical (unpaired) electrons. The summed E-state index contributed by atoms with van der Waals surface area (Å²) >= 11 is 0. The van der Waals surface area contributed by atoms with Crippen LogP contribution in [0.1, 0.15) is 68.7 Å². The Labute approximate surface area is 165 Å². The minimum Gasteiger partial charge on any atom is -0.299 e. The zero-order valence-electron chi connectivity index (χ0n) is 18.5. The molecule has 27 heavy (non-hydrogen) atoms. The Morgan fingerprint density at radius 1 is 0.778 bits per heavy atom. The van der Waals surface area contributed by atoms with Crippen molar-refractivity contribution in [3.8, 4) is 0 Å². The first kappa shape index (κ1) is 25.0. The van der Waals surface area contributed by atoms with Gasteiger partial charge in [0.15, 0.2) is 11.6 Å². The minimum atomic E-state index is -0.591. The van der Waals surface area contributed by atoms with E-state index >= 15 is 0 Å². The van der Waals surface area contributed by atoms with E-state index in [1.807, 2.05) is 52.0 Å². The predicted octanol–water partition coefficient (Wildman–Crippen LogP) is 5.82. The maximum Gasteiger partial charge on any atom is 0.183 e. The topological polar surface area (TPSA) is 51.2 Å². The lowest BCUT2D eigenvalue weighted by Gasteiger charge is -2.09. The first-order valence-corrected chi connectivity index (χ1v) is 9.75. The quantitative estimate of drug-likeness (QED) is 0.276. The molecule has 0 saturated carbocycles. The highest BCUT2D eigenvalue weighted by atomic mass is 16.2. The number of rotatable bonds is 10. The number of hydrogen-bond acceptors (Lipinski definition) is 3. The molecule has 0 heterocycles. The van der Waals surface area contributed by atoms with Gasteiger partial charge in [0.1, 0.15) is 5.78 Å². The second-order valence-electron chi connectivity index (χ2n) is 7.78. The monoisotopic (exact) mass is 372 g/mol. The van der Waals surface area contributed by atoms with E-state index in [0.717, 1.165) is 16.7 Å². The van der Waals surface area contributed by atoms with Crippen LogP contribution in [0.2, 0.25) is 0 Å². The normalized spacial score (nSPS) is 16.4. The summed E-state index contributed by atoms with van der Waals surface area (Å²) in [5, 5.41) is 0. The van der Waals surface area contributed by atoms with Crippen LogP contribution in [0.15, 0.2) is 46.6 Å². The molecule has 2 atom stereocenters. The molecule has 0 fully saturated rings. The van der Waals surface area contributed by atoms with Gasteiger partial charge in [-0.15, -0.1) is 0 Å². The van der Waals surface area contributed by atoms with E-state index in [1.165, 1.54) is 0 Å². The van der Waals surface area contributed by atoms with E-state index < -0.39 is 5.92 Å². The summed E-state index contributed by atoms with van der Waals surface area (Å²) in [6, 6.07) is 0. The van der Waals surface area contributed by atoms with Crippen LogP contribution in [0, 0.1) is 17.8 Å². The molecule has 0 aromatic carbocycles. The smallest absolute Gasteiger partial charge is 0.183 e. The van der Waals surface area contributed by atoms with Gasteiger partial charge >= 0.3 is 0 Å². The van der Waals surface area contributed by atoms with Gasteiger partial charge < -0.3 is 0 Å². The molecule has 0 amide bonds. The molecular weight excluding hydrogens is 336 g/mol. The molecule has 0 aliphatic heterocycles. The summed E-state index contributed by atoms with van der Waals surface area (Å²) in [6.07, 6.45) is 8.11. The van der Waals surface area contributed by atoms with E-state index in [4.69, 9.17) is 0 Å². The average Bonchev–Trinajstić information content (AvgIpc) is 2.57. The van der Waals surface area contributed by atoms with E-state index in [0.29, 0.717) is 17.9 Å². The van der Waals surface area contributed by atoms with Crippen molar-refractivity contribution in [3.05, 3.63) is 46.6 Å². The number of carbonyl (C=O) groups is 3.